The van der Waals surface area contributed by atoms with Gasteiger partial charge in [0.05, 0.1) is 46.0 Å². The average molecular weight is 886 g/mol. The molecule has 0 spiro atoms. The van der Waals surface area contributed by atoms with E-state index in [9.17, 15) is 27.6 Å². The zero-order chi connectivity index (χ0) is 44.3. The predicted octanol–water partition coefficient (Wildman–Crippen LogP) is 5.57. The summed E-state index contributed by atoms with van der Waals surface area (Å²) in [5, 5.41) is 11.5. The van der Waals surface area contributed by atoms with E-state index in [0.29, 0.717) is 35.4 Å². The maximum atomic E-state index is 13.5. The molecule has 7 rings (SSSR count). The summed E-state index contributed by atoms with van der Waals surface area (Å²) in [6, 6.07) is 15.2. The number of benzene rings is 3. The van der Waals surface area contributed by atoms with Crippen molar-refractivity contribution in [3.8, 4) is 5.75 Å². The number of hydrogen-bond acceptors (Lipinski definition) is 14. The van der Waals surface area contributed by atoms with Gasteiger partial charge in [0.2, 0.25) is 17.8 Å². The van der Waals surface area contributed by atoms with Gasteiger partial charge in [-0.1, -0.05) is 29.8 Å². The van der Waals surface area contributed by atoms with Crippen LogP contribution in [-0.4, -0.2) is 121 Å². The minimum Gasteiger partial charge on any atom is -0.495 e. The number of methoxy groups -OCH3 is 1. The number of halogens is 1. The lowest BCUT2D eigenvalue weighted by Crippen LogP contribution is -2.54. The van der Waals surface area contributed by atoms with Crippen LogP contribution in [0.5, 0.6) is 5.75 Å². The Kier molecular flexibility index (Phi) is 13.5. The maximum absolute atomic E-state index is 13.5. The van der Waals surface area contributed by atoms with Gasteiger partial charge in [0.1, 0.15) is 16.8 Å². The van der Waals surface area contributed by atoms with Crippen molar-refractivity contribution in [1.29, 1.82) is 0 Å². The van der Waals surface area contributed by atoms with Crippen molar-refractivity contribution in [2.75, 3.05) is 62.8 Å². The van der Waals surface area contributed by atoms with Gasteiger partial charge in [-0.3, -0.25) is 29.4 Å². The van der Waals surface area contributed by atoms with Crippen LogP contribution in [0.1, 0.15) is 71.4 Å². The monoisotopic (exact) mass is 885 g/mol. The molecule has 1 atom stereocenters. The van der Waals surface area contributed by atoms with Gasteiger partial charge in [0.15, 0.2) is 15.7 Å². The van der Waals surface area contributed by atoms with Crippen LogP contribution in [0.25, 0.3) is 0 Å². The number of amides is 4. The van der Waals surface area contributed by atoms with E-state index < -0.39 is 44.8 Å². The third kappa shape index (κ3) is 9.40. The number of sulfone groups is 1. The second kappa shape index (κ2) is 18.8. The number of rotatable bonds is 16. The number of nitrogens with one attached hydrogen (secondary N) is 4. The van der Waals surface area contributed by atoms with Crippen molar-refractivity contribution < 1.29 is 32.3 Å². The van der Waals surface area contributed by atoms with Gasteiger partial charge in [-0.05, 0) is 114 Å². The molecule has 3 aliphatic heterocycles. The number of likely N-dealkylation sites (N-methyl/N-ethyl adjacent to an activating group) is 1. The summed E-state index contributed by atoms with van der Waals surface area (Å²) in [6.07, 6.45) is 4.47. The van der Waals surface area contributed by atoms with Gasteiger partial charge in [-0.15, -0.1) is 0 Å². The summed E-state index contributed by atoms with van der Waals surface area (Å²) >= 11 is 6.47. The number of aromatic nitrogens is 2. The molecule has 2 fully saturated rings. The van der Waals surface area contributed by atoms with Crippen molar-refractivity contribution in [2.24, 2.45) is 0 Å². The zero-order valence-electron chi connectivity index (χ0n) is 35.5. The molecule has 328 valence electrons. The molecule has 18 heteroatoms. The second-order valence-corrected chi connectivity index (χ2v) is 19.0. The molecule has 3 aliphatic rings. The van der Waals surface area contributed by atoms with Gasteiger partial charge in [0, 0.05) is 37.8 Å². The number of anilines is 5. The van der Waals surface area contributed by atoms with Crippen molar-refractivity contribution in [3.05, 3.63) is 88.1 Å². The van der Waals surface area contributed by atoms with Crippen LogP contribution < -0.4 is 26.0 Å². The minimum absolute atomic E-state index is 0.0721. The lowest BCUT2D eigenvalue weighted by molar-refractivity contribution is -0.136. The Hall–Kier alpha value is -5.62. The maximum Gasteiger partial charge on any atom is 0.264 e. The molecule has 62 heavy (non-hydrogen) atoms. The number of imide groups is 2. The van der Waals surface area contributed by atoms with Crippen LogP contribution in [-0.2, 0) is 25.8 Å². The molecule has 2 saturated heterocycles. The highest BCUT2D eigenvalue weighted by Gasteiger charge is 2.45. The molecule has 3 aromatic carbocycles. The lowest BCUT2D eigenvalue weighted by atomic mass is 10.0. The third-order valence-corrected chi connectivity index (χ3v) is 14.3. The van der Waals surface area contributed by atoms with Gasteiger partial charge in [-0.25, -0.2) is 13.4 Å². The Morgan fingerprint density at radius 1 is 0.968 bits per heavy atom. The minimum atomic E-state index is -3.58. The fourth-order valence-electron chi connectivity index (χ4n) is 8.18. The molecule has 0 radical (unpaired) electrons. The summed E-state index contributed by atoms with van der Waals surface area (Å²) in [7, 11) is 0.201. The van der Waals surface area contributed by atoms with E-state index >= 15 is 0 Å². The first-order chi connectivity index (χ1) is 29.7. The molecule has 1 unspecified atom stereocenters. The van der Waals surface area contributed by atoms with Gasteiger partial charge in [0.25, 0.3) is 11.8 Å². The van der Waals surface area contributed by atoms with Gasteiger partial charge < -0.3 is 30.5 Å². The Balaban J connectivity index is 0.903. The van der Waals surface area contributed by atoms with Gasteiger partial charge in [-0.2, -0.15) is 4.98 Å². The number of hydrogen-bond donors (Lipinski definition) is 4. The van der Waals surface area contributed by atoms with E-state index in [1.165, 1.54) is 6.20 Å². The van der Waals surface area contributed by atoms with E-state index in [1.807, 2.05) is 12.1 Å². The first-order valence-corrected chi connectivity index (χ1v) is 22.7. The number of carbonyl (C=O) groups is 4. The van der Waals surface area contributed by atoms with Crippen LogP contribution in [0.15, 0.2) is 65.7 Å². The number of aryl methyl sites for hydroxylation is 1. The molecule has 0 bridgehead atoms. The normalized spacial score (nSPS) is 17.4. The van der Waals surface area contributed by atoms with Gasteiger partial charge >= 0.3 is 0 Å². The topological polar surface area (TPSA) is 195 Å². The van der Waals surface area contributed by atoms with Crippen molar-refractivity contribution in [1.82, 2.24) is 30.0 Å². The molecule has 0 saturated carbocycles. The third-order valence-electron chi connectivity index (χ3n) is 11.8. The second-order valence-electron chi connectivity index (χ2n) is 16.1. The quantitative estimate of drug-likeness (QED) is 0.102. The van der Waals surface area contributed by atoms with E-state index in [4.69, 9.17) is 16.3 Å². The Morgan fingerprint density at radius 3 is 2.44 bits per heavy atom. The molecule has 4 amide bonds. The molecule has 1 aromatic heterocycles. The first kappa shape index (κ1) is 44.4. The number of nitrogens with zero attached hydrogens (tertiary/aromatic N) is 5. The smallest absolute Gasteiger partial charge is 0.264 e. The molecule has 4 aromatic rings. The molecule has 0 aliphatic carbocycles. The summed E-state index contributed by atoms with van der Waals surface area (Å²) in [5.41, 5.74) is 4.34. The average Bonchev–Trinajstić information content (AvgIpc) is 3.50. The van der Waals surface area contributed by atoms with Crippen molar-refractivity contribution in [3.63, 3.8) is 0 Å². The fourth-order valence-corrected chi connectivity index (χ4v) is 9.52. The van der Waals surface area contributed by atoms with Crippen molar-refractivity contribution >= 4 is 73.9 Å². The van der Waals surface area contributed by atoms with Crippen molar-refractivity contribution in [2.45, 2.75) is 75.1 Å². The first-order valence-electron chi connectivity index (χ1n) is 20.7. The number of fused-ring (bicyclic) bond motifs is 1. The molecular weight excluding hydrogens is 834 g/mol. The lowest BCUT2D eigenvalue weighted by Gasteiger charge is -2.37. The molecule has 4 N–H and O–H groups in total. The van der Waals surface area contributed by atoms with E-state index in [1.54, 1.807) is 63.4 Å². The summed E-state index contributed by atoms with van der Waals surface area (Å²) in [4.78, 5) is 65.7. The highest BCUT2D eigenvalue weighted by atomic mass is 35.5. The Labute approximate surface area is 366 Å². The fraction of sp³-hybridized carbons (Fsp3) is 0.409. The van der Waals surface area contributed by atoms with Crippen LogP contribution >= 0.6 is 11.6 Å². The summed E-state index contributed by atoms with van der Waals surface area (Å²) in [5.74, 6) is -0.949. The number of piperidine rings is 2. The highest BCUT2D eigenvalue weighted by molar-refractivity contribution is 7.92. The summed E-state index contributed by atoms with van der Waals surface area (Å²) in [6.45, 7) is 9.36. The zero-order valence-corrected chi connectivity index (χ0v) is 37.0. The standard InChI is InChI=1S/C44H52ClN9O7S/c1-26(2)62(59,60)37-12-7-6-10-32(37)48-40-31(45)25-47-44(51-40)49-34-23-27(3)28(24-36(34)61-5)15-19-52(4)29-16-20-53(21-17-29)22-18-46-33-11-8-9-30-39(33)43(58)54(42(30)57)35-13-14-38(55)50-41(35)56/h6-12,23-26,29,35,46H,13-22H2,1-5H3,(H,50,55,56)(H2,47,48,49,51). The number of para-hydroxylation sites is 1. The van der Waals surface area contributed by atoms with E-state index in [2.05, 4.69) is 55.0 Å². The highest BCUT2D eigenvalue weighted by Crippen LogP contribution is 2.35. The molecular formula is C44H52ClN9O7S. The summed E-state index contributed by atoms with van der Waals surface area (Å²) < 4.78 is 31.9. The van der Waals surface area contributed by atoms with Crippen LogP contribution in [0.4, 0.5) is 28.8 Å². The molecule has 4 heterocycles. The number of carbonyl (C=O) groups excluding carboxylic acids is 4. The Morgan fingerprint density at radius 2 is 1.71 bits per heavy atom. The van der Waals surface area contributed by atoms with Crippen LogP contribution in [0.3, 0.4) is 0 Å². The molecule has 16 nitrogen and oxygen atoms in total. The van der Waals surface area contributed by atoms with Crippen LogP contribution in [0.2, 0.25) is 5.02 Å². The largest absolute Gasteiger partial charge is 0.495 e. The van der Waals surface area contributed by atoms with Crippen LogP contribution in [0, 0.1) is 6.92 Å². The predicted molar refractivity (Wildman–Crippen MR) is 238 cm³/mol. The Bertz CT molecular complexity index is 2490. The van der Waals surface area contributed by atoms with E-state index in [0.717, 1.165) is 61.5 Å². The number of likely N-dealkylation sites (tertiary alicyclic amines) is 1. The number of ether oxygens (including phenoxy) is 1. The van der Waals surface area contributed by atoms with E-state index in [-0.39, 0.29) is 45.7 Å². The SMILES string of the molecule is COc1cc(CCN(C)C2CCN(CCNc3cccc4c3C(=O)N(C3CCC(=O)NC3=O)C4=O)CC2)c(C)cc1Nc1ncc(Cl)c(Nc2ccccc2S(=O)(=O)C(C)C)n1.